The van der Waals surface area contributed by atoms with Gasteiger partial charge in [0.15, 0.2) is 0 Å². The fraction of sp³-hybridized carbons (Fsp3) is 0.400. The Balaban J connectivity index is 2.58. The monoisotopic (exact) mass is 246 g/mol. The molecule has 0 amide bonds. The van der Waals surface area contributed by atoms with Gasteiger partial charge >= 0.3 is 5.97 Å². The molecule has 0 heterocycles. The third-order valence-corrected chi connectivity index (χ3v) is 3.63. The van der Waals surface area contributed by atoms with Crippen LogP contribution >= 0.6 is 0 Å². The molecule has 0 unspecified atom stereocenters. The normalized spacial score (nSPS) is 14.7. The molecule has 0 bridgehead atoms. The number of carboxylic acid groups (broad SMARTS) is 1. The Bertz CT molecular complexity index is 539. The third-order valence-electron chi connectivity index (χ3n) is 3.63. The second-order valence-corrected chi connectivity index (χ2v) is 5.29. The maximum atomic E-state index is 11.5. The highest BCUT2D eigenvalue weighted by Crippen LogP contribution is 2.45. The number of carbonyl (C=O) groups is 1. The summed E-state index contributed by atoms with van der Waals surface area (Å²) in [6, 6.07) is 5.87. The average Bonchev–Trinajstić information content (AvgIpc) is 2.63. The molecular weight excluding hydrogens is 228 g/mol. The van der Waals surface area contributed by atoms with Gasteiger partial charge in [0.25, 0.3) is 0 Å². The van der Waals surface area contributed by atoms with Crippen LogP contribution in [0.25, 0.3) is 5.57 Å². The smallest absolute Gasteiger partial charge is 0.313 e. The zero-order chi connectivity index (χ0) is 13.5. The minimum atomic E-state index is -0.873. The molecule has 0 aliphatic heterocycles. The van der Waals surface area contributed by atoms with Crippen molar-refractivity contribution < 1.29 is 14.6 Å². The highest BCUT2D eigenvalue weighted by atomic mass is 16.5. The van der Waals surface area contributed by atoms with Gasteiger partial charge in [0.2, 0.25) is 0 Å². The predicted octanol–water partition coefficient (Wildman–Crippen LogP) is 3.14. The van der Waals surface area contributed by atoms with Crippen LogP contribution in [-0.2, 0) is 11.2 Å². The first-order valence-corrected chi connectivity index (χ1v) is 5.99. The third kappa shape index (κ3) is 1.80. The molecule has 3 nitrogen and oxygen atoms in total. The van der Waals surface area contributed by atoms with E-state index in [9.17, 15) is 9.90 Å². The molecule has 0 radical (unpaired) electrons. The number of methoxy groups -OCH3 is 1. The minimum Gasteiger partial charge on any atom is -0.497 e. The van der Waals surface area contributed by atoms with Crippen LogP contribution in [0.4, 0.5) is 0 Å². The fourth-order valence-electron chi connectivity index (χ4n) is 2.65. The Hall–Kier alpha value is -1.77. The van der Waals surface area contributed by atoms with Crippen molar-refractivity contribution in [2.45, 2.75) is 27.2 Å². The maximum Gasteiger partial charge on any atom is 0.313 e. The van der Waals surface area contributed by atoms with Crippen molar-refractivity contribution >= 4 is 11.5 Å². The molecule has 1 N–H and O–H groups in total. The van der Waals surface area contributed by atoms with Crippen molar-refractivity contribution in [3.05, 3.63) is 34.9 Å². The largest absolute Gasteiger partial charge is 0.497 e. The van der Waals surface area contributed by atoms with Gasteiger partial charge in [-0.1, -0.05) is 11.6 Å². The number of hydrogen-bond acceptors (Lipinski definition) is 2. The maximum absolute atomic E-state index is 11.5. The van der Waals surface area contributed by atoms with Crippen LogP contribution in [0, 0.1) is 5.41 Å². The Morgan fingerprint density at radius 3 is 2.61 bits per heavy atom. The minimum absolute atomic E-state index is 0.766. The van der Waals surface area contributed by atoms with Crippen LogP contribution in [0.1, 0.15) is 31.9 Å². The van der Waals surface area contributed by atoms with E-state index in [1.54, 1.807) is 21.0 Å². The molecule has 0 saturated heterocycles. The molecule has 0 atom stereocenters. The Morgan fingerprint density at radius 2 is 2.06 bits per heavy atom. The number of hydrogen-bond donors (Lipinski definition) is 1. The van der Waals surface area contributed by atoms with Crippen LogP contribution in [-0.4, -0.2) is 18.2 Å². The van der Waals surface area contributed by atoms with Gasteiger partial charge < -0.3 is 9.84 Å². The van der Waals surface area contributed by atoms with Gasteiger partial charge in [0.1, 0.15) is 5.75 Å². The number of carboxylic acids is 1. The van der Waals surface area contributed by atoms with Gasteiger partial charge in [0.05, 0.1) is 12.5 Å². The number of rotatable bonds is 3. The summed E-state index contributed by atoms with van der Waals surface area (Å²) in [5.41, 5.74) is 3.37. The van der Waals surface area contributed by atoms with E-state index < -0.39 is 11.4 Å². The molecule has 0 spiro atoms. The molecule has 96 valence electrons. The van der Waals surface area contributed by atoms with Crippen LogP contribution in [0.15, 0.2) is 23.8 Å². The number of ether oxygens (including phenoxy) is 1. The van der Waals surface area contributed by atoms with E-state index in [1.165, 1.54) is 5.56 Å². The lowest BCUT2D eigenvalue weighted by molar-refractivity contribution is -0.143. The summed E-state index contributed by atoms with van der Waals surface area (Å²) in [6.07, 6.45) is 0.825. The summed E-state index contributed by atoms with van der Waals surface area (Å²) in [6.45, 7) is 5.51. The summed E-state index contributed by atoms with van der Waals surface area (Å²) >= 11 is 0. The quantitative estimate of drug-likeness (QED) is 0.891. The van der Waals surface area contributed by atoms with Gasteiger partial charge in [-0.05, 0) is 56.0 Å². The molecule has 2 rings (SSSR count). The summed E-state index contributed by atoms with van der Waals surface area (Å²) in [5, 5.41) is 9.41. The number of fused-ring (bicyclic) bond motifs is 1. The molecule has 1 aromatic carbocycles. The lowest BCUT2D eigenvalue weighted by Crippen LogP contribution is -2.25. The standard InChI is InChI=1S/C15H18O3/c1-9-7-10-5-6-11(18-4)8-12(10)13(9)15(2,3)14(16)17/h5-6,8H,7H2,1-4H3,(H,16,17). The van der Waals surface area contributed by atoms with Crippen LogP contribution in [0.2, 0.25) is 0 Å². The predicted molar refractivity (Wildman–Crippen MR) is 70.7 cm³/mol. The second kappa shape index (κ2) is 4.16. The highest BCUT2D eigenvalue weighted by molar-refractivity contribution is 5.95. The Labute approximate surface area is 107 Å². The van der Waals surface area contributed by atoms with E-state index in [0.717, 1.165) is 28.9 Å². The van der Waals surface area contributed by atoms with Crippen molar-refractivity contribution in [1.29, 1.82) is 0 Å². The second-order valence-electron chi connectivity index (χ2n) is 5.29. The molecule has 1 aromatic rings. The van der Waals surface area contributed by atoms with E-state index in [2.05, 4.69) is 0 Å². The van der Waals surface area contributed by atoms with E-state index >= 15 is 0 Å². The summed E-state index contributed by atoms with van der Waals surface area (Å²) in [4.78, 5) is 11.5. The Kier molecular flexibility index (Phi) is 2.93. The van der Waals surface area contributed by atoms with E-state index in [-0.39, 0.29) is 0 Å². The van der Waals surface area contributed by atoms with Crippen molar-refractivity contribution in [3.8, 4) is 5.75 Å². The fourth-order valence-corrected chi connectivity index (χ4v) is 2.65. The van der Waals surface area contributed by atoms with Crippen molar-refractivity contribution in [3.63, 3.8) is 0 Å². The molecule has 1 aliphatic rings. The first kappa shape index (κ1) is 12.7. The molecule has 0 aromatic heterocycles. The first-order valence-electron chi connectivity index (χ1n) is 5.99. The lowest BCUT2D eigenvalue weighted by atomic mass is 9.80. The van der Waals surface area contributed by atoms with Crippen molar-refractivity contribution in [2.75, 3.05) is 7.11 Å². The van der Waals surface area contributed by atoms with Crippen molar-refractivity contribution in [2.24, 2.45) is 5.41 Å². The first-order chi connectivity index (χ1) is 8.37. The molecule has 1 aliphatic carbocycles. The zero-order valence-electron chi connectivity index (χ0n) is 11.2. The summed E-state index contributed by atoms with van der Waals surface area (Å²) in [7, 11) is 1.62. The average molecular weight is 246 g/mol. The number of benzene rings is 1. The van der Waals surface area contributed by atoms with Gasteiger partial charge in [-0.2, -0.15) is 0 Å². The van der Waals surface area contributed by atoms with Crippen LogP contribution in [0.5, 0.6) is 5.75 Å². The van der Waals surface area contributed by atoms with Gasteiger partial charge in [-0.25, -0.2) is 0 Å². The molecule has 0 fully saturated rings. The molecule has 18 heavy (non-hydrogen) atoms. The lowest BCUT2D eigenvalue weighted by Gasteiger charge is -2.23. The molecule has 0 saturated carbocycles. The SMILES string of the molecule is COc1ccc2c(c1)C(C(C)(C)C(=O)O)=C(C)C2. The van der Waals surface area contributed by atoms with Crippen LogP contribution < -0.4 is 4.74 Å². The van der Waals surface area contributed by atoms with Crippen molar-refractivity contribution in [1.82, 2.24) is 0 Å². The van der Waals surface area contributed by atoms with E-state index in [1.807, 2.05) is 25.1 Å². The number of allylic oxidation sites excluding steroid dienone is 1. The van der Waals surface area contributed by atoms with Gasteiger partial charge in [0, 0.05) is 0 Å². The summed E-state index contributed by atoms with van der Waals surface area (Å²) < 4.78 is 5.23. The summed E-state index contributed by atoms with van der Waals surface area (Å²) in [5.74, 6) is -0.0327. The molecule has 3 heteroatoms. The van der Waals surface area contributed by atoms with E-state index in [4.69, 9.17) is 4.74 Å². The number of aliphatic carboxylic acids is 1. The topological polar surface area (TPSA) is 46.5 Å². The van der Waals surface area contributed by atoms with Gasteiger partial charge in [-0.3, -0.25) is 4.79 Å². The van der Waals surface area contributed by atoms with E-state index in [0.29, 0.717) is 0 Å². The Morgan fingerprint density at radius 1 is 1.39 bits per heavy atom. The van der Waals surface area contributed by atoms with Crippen LogP contribution in [0.3, 0.4) is 0 Å². The zero-order valence-corrected chi connectivity index (χ0v) is 11.2. The molecular formula is C15H18O3. The highest BCUT2D eigenvalue weighted by Gasteiger charge is 2.37. The van der Waals surface area contributed by atoms with Gasteiger partial charge in [-0.15, -0.1) is 0 Å².